The maximum Gasteiger partial charge on any atom is 0.271 e. The fourth-order valence-electron chi connectivity index (χ4n) is 3.08. The lowest BCUT2D eigenvalue weighted by Gasteiger charge is -2.11. The van der Waals surface area contributed by atoms with Crippen LogP contribution in [-0.2, 0) is 11.3 Å². The first kappa shape index (κ1) is 20.1. The average Bonchev–Trinajstić information content (AvgIpc) is 3.17. The van der Waals surface area contributed by atoms with E-state index in [0.29, 0.717) is 33.3 Å². The summed E-state index contributed by atoms with van der Waals surface area (Å²) in [5.74, 6) is 0.250. The number of para-hydroxylation sites is 2. The van der Waals surface area contributed by atoms with Gasteiger partial charge < -0.3 is 10.1 Å². The zero-order chi connectivity index (χ0) is 21.1. The Hall–Kier alpha value is -3.16. The number of carbonyl (C=O) groups excluding carboxylic acids is 1. The van der Waals surface area contributed by atoms with Gasteiger partial charge in [0.2, 0.25) is 5.91 Å². The van der Waals surface area contributed by atoms with Crippen LogP contribution in [0.3, 0.4) is 0 Å². The molecule has 0 aliphatic heterocycles. The van der Waals surface area contributed by atoms with Crippen molar-refractivity contribution in [1.82, 2.24) is 9.55 Å². The molecule has 4 rings (SSSR count). The van der Waals surface area contributed by atoms with Crippen molar-refractivity contribution in [3.05, 3.63) is 75.6 Å². The van der Waals surface area contributed by atoms with Gasteiger partial charge in [0.25, 0.3) is 5.56 Å². The Morgan fingerprint density at radius 1 is 1.20 bits per heavy atom. The van der Waals surface area contributed by atoms with E-state index in [1.165, 1.54) is 22.2 Å². The van der Waals surface area contributed by atoms with E-state index in [4.69, 9.17) is 16.3 Å². The van der Waals surface area contributed by atoms with Crippen LogP contribution in [0.25, 0.3) is 21.3 Å². The number of hydrogen-bond donors (Lipinski definition) is 1. The van der Waals surface area contributed by atoms with E-state index < -0.39 is 0 Å². The highest BCUT2D eigenvalue weighted by molar-refractivity contribution is 7.17. The molecule has 6 nitrogen and oxygen atoms in total. The molecule has 0 bridgehead atoms. The summed E-state index contributed by atoms with van der Waals surface area (Å²) in [6, 6.07) is 14.5. The van der Waals surface area contributed by atoms with Crippen LogP contribution >= 0.6 is 22.9 Å². The Morgan fingerprint density at radius 2 is 1.97 bits per heavy atom. The van der Waals surface area contributed by atoms with E-state index in [1.54, 1.807) is 24.3 Å². The maximum absolute atomic E-state index is 12.9. The van der Waals surface area contributed by atoms with Crippen molar-refractivity contribution in [3.63, 3.8) is 0 Å². The van der Waals surface area contributed by atoms with Crippen LogP contribution < -0.4 is 15.6 Å². The van der Waals surface area contributed by atoms with Crippen LogP contribution in [-0.4, -0.2) is 22.1 Å². The number of aromatic nitrogens is 2. The molecule has 8 heteroatoms. The molecule has 4 aromatic rings. The zero-order valence-electron chi connectivity index (χ0n) is 16.1. The first-order valence-electron chi connectivity index (χ1n) is 9.31. The summed E-state index contributed by atoms with van der Waals surface area (Å²) in [7, 11) is 0. The number of anilines is 1. The van der Waals surface area contributed by atoms with Crippen LogP contribution in [0.2, 0.25) is 5.02 Å². The minimum absolute atomic E-state index is 0.142. The van der Waals surface area contributed by atoms with Crippen molar-refractivity contribution in [1.29, 1.82) is 0 Å². The minimum atomic E-state index is -0.333. The molecule has 0 saturated carbocycles. The second-order valence-electron chi connectivity index (χ2n) is 6.49. The number of thiophene rings is 1. The summed E-state index contributed by atoms with van der Waals surface area (Å²) in [5.41, 5.74) is 2.73. The second-order valence-corrected chi connectivity index (χ2v) is 7.81. The Balaban J connectivity index is 1.58. The van der Waals surface area contributed by atoms with Gasteiger partial charge in [-0.15, -0.1) is 11.3 Å². The van der Waals surface area contributed by atoms with Crippen LogP contribution in [0.15, 0.2) is 65.0 Å². The van der Waals surface area contributed by atoms with Gasteiger partial charge >= 0.3 is 0 Å². The number of nitrogens with zero attached hydrogens (tertiary/aromatic N) is 2. The Kier molecular flexibility index (Phi) is 5.83. The molecule has 152 valence electrons. The molecular formula is C22H18ClN3O3S. The second kappa shape index (κ2) is 8.69. The number of hydrogen-bond acceptors (Lipinski definition) is 5. The highest BCUT2D eigenvalue weighted by Gasteiger charge is 2.15. The summed E-state index contributed by atoms with van der Waals surface area (Å²) in [6.07, 6.45) is 1.41. The molecule has 2 aromatic carbocycles. The first-order chi connectivity index (χ1) is 14.6. The van der Waals surface area contributed by atoms with Crippen LogP contribution in [0.4, 0.5) is 5.69 Å². The lowest BCUT2D eigenvalue weighted by Crippen LogP contribution is -2.27. The number of nitrogens with one attached hydrogen (secondary N) is 1. The number of halogens is 1. The standard InChI is InChI=1S/C22H18ClN3O3S/c1-2-29-18-6-4-3-5-17(18)25-19(27)11-26-13-24-20-16(12-30-21(20)22(26)28)14-7-9-15(23)10-8-14/h3-10,12-13H,2,11H2,1H3,(H,25,27). The Labute approximate surface area is 181 Å². The number of ether oxygens (including phenoxy) is 1. The Bertz CT molecular complexity index is 1260. The van der Waals surface area contributed by atoms with E-state index in [2.05, 4.69) is 10.3 Å². The first-order valence-corrected chi connectivity index (χ1v) is 10.6. The molecule has 2 aromatic heterocycles. The van der Waals surface area contributed by atoms with Gasteiger partial charge in [0.1, 0.15) is 17.0 Å². The van der Waals surface area contributed by atoms with E-state index in [-0.39, 0.29) is 18.0 Å². The van der Waals surface area contributed by atoms with Gasteiger partial charge in [-0.3, -0.25) is 14.2 Å². The van der Waals surface area contributed by atoms with E-state index in [1.807, 2.05) is 36.6 Å². The van der Waals surface area contributed by atoms with Gasteiger partial charge in [-0.2, -0.15) is 0 Å². The van der Waals surface area contributed by atoms with E-state index >= 15 is 0 Å². The summed E-state index contributed by atoms with van der Waals surface area (Å²) in [4.78, 5) is 29.9. The van der Waals surface area contributed by atoms with Crippen LogP contribution in [0, 0.1) is 0 Å². The largest absolute Gasteiger partial charge is 0.492 e. The minimum Gasteiger partial charge on any atom is -0.492 e. The number of benzene rings is 2. The van der Waals surface area contributed by atoms with Crippen molar-refractivity contribution in [2.45, 2.75) is 13.5 Å². The fourth-order valence-corrected chi connectivity index (χ4v) is 4.19. The smallest absolute Gasteiger partial charge is 0.271 e. The van der Waals surface area contributed by atoms with Crippen LogP contribution in [0.5, 0.6) is 5.75 Å². The van der Waals surface area contributed by atoms with Gasteiger partial charge in [0, 0.05) is 16.0 Å². The summed E-state index contributed by atoms with van der Waals surface area (Å²) < 4.78 is 7.33. The van der Waals surface area contributed by atoms with Gasteiger partial charge in [-0.05, 0) is 36.8 Å². The van der Waals surface area contributed by atoms with E-state index in [9.17, 15) is 9.59 Å². The third-order valence-corrected chi connectivity index (χ3v) is 5.69. The third kappa shape index (κ3) is 4.08. The predicted molar refractivity (Wildman–Crippen MR) is 121 cm³/mol. The van der Waals surface area contributed by atoms with Crippen LogP contribution in [0.1, 0.15) is 6.92 Å². The molecule has 0 saturated heterocycles. The van der Waals surface area contributed by atoms with E-state index in [0.717, 1.165) is 11.1 Å². The SMILES string of the molecule is CCOc1ccccc1NC(=O)Cn1cnc2c(-c3ccc(Cl)cc3)csc2c1=O. The number of amides is 1. The molecule has 0 fully saturated rings. The van der Waals surface area contributed by atoms with Gasteiger partial charge in [0.05, 0.1) is 24.1 Å². The number of carbonyl (C=O) groups is 1. The third-order valence-electron chi connectivity index (χ3n) is 4.48. The number of rotatable bonds is 6. The lowest BCUT2D eigenvalue weighted by molar-refractivity contribution is -0.116. The van der Waals surface area contributed by atoms with Crippen molar-refractivity contribution in [2.24, 2.45) is 0 Å². The zero-order valence-corrected chi connectivity index (χ0v) is 17.7. The molecular weight excluding hydrogens is 422 g/mol. The highest BCUT2D eigenvalue weighted by Crippen LogP contribution is 2.31. The Morgan fingerprint density at radius 3 is 2.73 bits per heavy atom. The normalized spacial score (nSPS) is 10.9. The molecule has 0 atom stereocenters. The average molecular weight is 440 g/mol. The molecule has 0 unspecified atom stereocenters. The molecule has 1 N–H and O–H groups in total. The van der Waals surface area contributed by atoms with Gasteiger partial charge in [-0.25, -0.2) is 4.98 Å². The monoisotopic (exact) mass is 439 g/mol. The van der Waals surface area contributed by atoms with Crippen molar-refractivity contribution in [3.8, 4) is 16.9 Å². The predicted octanol–water partition coefficient (Wildman–Crippen LogP) is 4.82. The molecule has 0 aliphatic carbocycles. The number of fused-ring (bicyclic) bond motifs is 1. The molecule has 0 aliphatic rings. The maximum atomic E-state index is 12.9. The summed E-state index contributed by atoms with van der Waals surface area (Å²) in [6.45, 7) is 2.22. The van der Waals surface area contributed by atoms with Crippen molar-refractivity contribution in [2.75, 3.05) is 11.9 Å². The van der Waals surface area contributed by atoms with Gasteiger partial charge in [-0.1, -0.05) is 35.9 Å². The molecule has 2 heterocycles. The van der Waals surface area contributed by atoms with Crippen molar-refractivity contribution < 1.29 is 9.53 Å². The lowest BCUT2D eigenvalue weighted by atomic mass is 10.1. The summed E-state index contributed by atoms with van der Waals surface area (Å²) in [5, 5.41) is 5.33. The highest BCUT2D eigenvalue weighted by atomic mass is 35.5. The fraction of sp³-hybridized carbons (Fsp3) is 0.136. The molecule has 0 radical (unpaired) electrons. The van der Waals surface area contributed by atoms with Gasteiger partial charge in [0.15, 0.2) is 0 Å². The summed E-state index contributed by atoms with van der Waals surface area (Å²) >= 11 is 7.27. The topological polar surface area (TPSA) is 73.2 Å². The molecule has 1 amide bonds. The molecule has 0 spiro atoms. The molecule has 30 heavy (non-hydrogen) atoms. The van der Waals surface area contributed by atoms with Crippen molar-refractivity contribution >= 4 is 44.7 Å². The quantitative estimate of drug-likeness (QED) is 0.467.